The molecule has 81 heavy (non-hydrogen) atoms. The Bertz CT molecular complexity index is 1590. The van der Waals surface area contributed by atoms with Crippen LogP contribution in [0, 0.1) is 0 Å². The number of aliphatic hydroxyl groups is 5. The molecular weight excluding hydrogens is 1010 g/mol. The molecule has 8 atom stereocenters. The lowest BCUT2D eigenvalue weighted by molar-refractivity contribution is -0.305. The van der Waals surface area contributed by atoms with E-state index in [1.807, 2.05) is 6.08 Å². The predicted molar refractivity (Wildman–Crippen MR) is 338 cm³/mol. The van der Waals surface area contributed by atoms with Crippen LogP contribution < -0.4 is 5.32 Å². The summed E-state index contributed by atoms with van der Waals surface area (Å²) in [5, 5.41) is 57.2. The molecule has 1 fully saturated rings. The van der Waals surface area contributed by atoms with Crippen LogP contribution >= 0.6 is 0 Å². The van der Waals surface area contributed by atoms with Crippen molar-refractivity contribution >= 4 is 11.9 Å². The summed E-state index contributed by atoms with van der Waals surface area (Å²) in [6.07, 6.45) is 63.6. The van der Waals surface area contributed by atoms with Gasteiger partial charge in [-0.3, -0.25) is 9.59 Å². The smallest absolute Gasteiger partial charge is 0.306 e. The third kappa shape index (κ3) is 45.2. The average Bonchev–Trinajstić information content (AvgIpc) is 3.53. The van der Waals surface area contributed by atoms with Crippen molar-refractivity contribution in [2.45, 2.75) is 346 Å². The number of carbonyl (C=O) groups excluding carboxylic acids is 2. The molecule has 0 aromatic carbocycles. The molecule has 1 amide bonds. The zero-order valence-electron chi connectivity index (χ0n) is 52.1. The van der Waals surface area contributed by atoms with Gasteiger partial charge in [0.15, 0.2) is 12.4 Å². The Labute approximate surface area is 496 Å². The van der Waals surface area contributed by atoms with Gasteiger partial charge in [0.05, 0.1) is 25.4 Å². The number of hydrogen-bond donors (Lipinski definition) is 6. The Balaban J connectivity index is 2.65. The molecule has 0 saturated carbocycles. The maximum Gasteiger partial charge on any atom is 0.306 e. The second-order valence-electron chi connectivity index (χ2n) is 23.2. The number of ether oxygens (including phenoxy) is 3. The molecule has 0 aromatic heterocycles. The van der Waals surface area contributed by atoms with Crippen LogP contribution in [-0.4, -0.2) is 99.6 Å². The largest absolute Gasteiger partial charge is 0.454 e. The second-order valence-corrected chi connectivity index (χ2v) is 23.2. The van der Waals surface area contributed by atoms with Crippen LogP contribution in [0.4, 0.5) is 0 Å². The van der Waals surface area contributed by atoms with Crippen LogP contribution in [0.2, 0.25) is 0 Å². The number of rotatable bonds is 57. The van der Waals surface area contributed by atoms with E-state index in [-0.39, 0.29) is 13.0 Å². The topological polar surface area (TPSA) is 175 Å². The second kappa shape index (κ2) is 57.5. The number of nitrogens with one attached hydrogen (secondary N) is 1. The van der Waals surface area contributed by atoms with Crippen molar-refractivity contribution < 1.29 is 49.3 Å². The van der Waals surface area contributed by atoms with Crippen molar-refractivity contribution in [3.05, 3.63) is 72.9 Å². The Hall–Kier alpha value is -2.90. The number of amides is 1. The fourth-order valence-corrected chi connectivity index (χ4v) is 10.3. The molecule has 11 heteroatoms. The van der Waals surface area contributed by atoms with E-state index in [1.165, 1.54) is 148 Å². The van der Waals surface area contributed by atoms with Crippen molar-refractivity contribution in [2.24, 2.45) is 0 Å². The molecular formula is C70H125NO10. The summed E-state index contributed by atoms with van der Waals surface area (Å²) in [7, 11) is 0. The van der Waals surface area contributed by atoms with Crippen molar-refractivity contribution in [1.82, 2.24) is 5.32 Å². The molecule has 0 aromatic rings. The lowest BCUT2D eigenvalue weighted by Gasteiger charge is -2.41. The third-order valence-electron chi connectivity index (χ3n) is 15.6. The molecule has 6 N–H and O–H groups in total. The molecule has 0 bridgehead atoms. The number of hydrogen-bond acceptors (Lipinski definition) is 10. The number of allylic oxidation sites excluding steroid dienone is 11. The fourth-order valence-electron chi connectivity index (χ4n) is 10.3. The highest BCUT2D eigenvalue weighted by Crippen LogP contribution is 2.26. The molecule has 1 aliphatic heterocycles. The van der Waals surface area contributed by atoms with E-state index in [9.17, 15) is 35.1 Å². The SMILES string of the molecule is CC/C=C\C/C=C\C/C=C\C/C=C\C/C=C\CCCCCCCC(=O)OC1C(OCC(NC(=O)C(O)CCCCCCCCCCCCCCCCCCCC)C(O)/C=C/CCCCCCCCCCCCC)OC(CO)C(O)C1O. The number of aliphatic hydroxyl groups excluding tert-OH is 5. The van der Waals surface area contributed by atoms with Crippen LogP contribution in [0.15, 0.2) is 72.9 Å². The zero-order chi connectivity index (χ0) is 58.9. The van der Waals surface area contributed by atoms with Crippen molar-refractivity contribution in [1.29, 1.82) is 0 Å². The summed E-state index contributed by atoms with van der Waals surface area (Å²) in [6, 6.07) is -1.03. The number of esters is 1. The molecule has 8 unspecified atom stereocenters. The van der Waals surface area contributed by atoms with Gasteiger partial charge in [-0.25, -0.2) is 0 Å². The standard InChI is InChI=1S/C70H125NO10/c1-4-7-10-13-16-19-22-25-27-29-31-32-33-35-37-40-43-46-49-52-55-58-65(75)81-68-67(77)66(76)64(59-72)80-70(68)79-60-61(62(73)56-53-50-47-44-41-38-24-21-18-15-12-9-6-3)71-69(78)63(74)57-54-51-48-45-42-39-36-34-30-28-26-23-20-17-14-11-8-5-2/h7,10,16,19,25,27,31-32,35,37,53,56,61-64,66-68,70,72-74,76-77H,4-6,8-9,11-15,17-18,20-24,26,28-30,33-34,36,38-52,54-55,57-60H2,1-3H3,(H,71,78)/b10-7-,19-16-,27-25-,32-31-,37-35-,56-53+. The van der Waals surface area contributed by atoms with Gasteiger partial charge in [0.2, 0.25) is 5.91 Å². The van der Waals surface area contributed by atoms with Gasteiger partial charge in [-0.05, 0) is 70.6 Å². The summed E-state index contributed by atoms with van der Waals surface area (Å²) in [4.78, 5) is 26.6. The van der Waals surface area contributed by atoms with Crippen LogP contribution in [0.3, 0.4) is 0 Å². The van der Waals surface area contributed by atoms with E-state index in [1.54, 1.807) is 6.08 Å². The van der Waals surface area contributed by atoms with Gasteiger partial charge in [0, 0.05) is 6.42 Å². The van der Waals surface area contributed by atoms with Crippen molar-refractivity contribution in [3.63, 3.8) is 0 Å². The summed E-state index contributed by atoms with van der Waals surface area (Å²) in [6.45, 7) is 5.70. The Morgan fingerprint density at radius 1 is 0.494 bits per heavy atom. The predicted octanol–water partition coefficient (Wildman–Crippen LogP) is 16.7. The van der Waals surface area contributed by atoms with Crippen molar-refractivity contribution in [2.75, 3.05) is 13.2 Å². The molecule has 11 nitrogen and oxygen atoms in total. The lowest BCUT2D eigenvalue weighted by atomic mass is 9.99. The molecule has 1 rings (SSSR count). The highest BCUT2D eigenvalue weighted by atomic mass is 16.7. The maximum absolute atomic E-state index is 13.5. The summed E-state index contributed by atoms with van der Waals surface area (Å²) < 4.78 is 17.7. The summed E-state index contributed by atoms with van der Waals surface area (Å²) in [5.74, 6) is -1.21. The van der Waals surface area contributed by atoms with E-state index < -0.39 is 67.4 Å². The van der Waals surface area contributed by atoms with Gasteiger partial charge in [0.1, 0.15) is 24.4 Å². The highest BCUT2D eigenvalue weighted by molar-refractivity contribution is 5.80. The molecule has 0 radical (unpaired) electrons. The van der Waals surface area contributed by atoms with Gasteiger partial charge < -0.3 is 45.1 Å². The van der Waals surface area contributed by atoms with Gasteiger partial charge in [-0.1, -0.05) is 293 Å². The summed E-state index contributed by atoms with van der Waals surface area (Å²) >= 11 is 0. The molecule has 1 aliphatic rings. The monoisotopic (exact) mass is 1140 g/mol. The van der Waals surface area contributed by atoms with Gasteiger partial charge in [-0.15, -0.1) is 0 Å². The van der Waals surface area contributed by atoms with Crippen LogP contribution in [0.1, 0.15) is 297 Å². The van der Waals surface area contributed by atoms with Crippen LogP contribution in [-0.2, 0) is 23.8 Å². The zero-order valence-corrected chi connectivity index (χ0v) is 52.1. The molecule has 1 heterocycles. The third-order valence-corrected chi connectivity index (χ3v) is 15.6. The van der Waals surface area contributed by atoms with E-state index in [0.717, 1.165) is 103 Å². The van der Waals surface area contributed by atoms with Gasteiger partial charge >= 0.3 is 5.97 Å². The minimum atomic E-state index is -1.62. The quantitative estimate of drug-likeness (QED) is 0.0195. The van der Waals surface area contributed by atoms with Gasteiger partial charge in [0.25, 0.3) is 0 Å². The fraction of sp³-hybridized carbons (Fsp3) is 0.800. The Morgan fingerprint density at radius 3 is 1.33 bits per heavy atom. The first-order chi connectivity index (χ1) is 39.7. The van der Waals surface area contributed by atoms with E-state index in [4.69, 9.17) is 14.2 Å². The minimum Gasteiger partial charge on any atom is -0.454 e. The van der Waals surface area contributed by atoms with Crippen molar-refractivity contribution in [3.8, 4) is 0 Å². The first-order valence-corrected chi connectivity index (χ1v) is 33.7. The van der Waals surface area contributed by atoms with Crippen LogP contribution in [0.5, 0.6) is 0 Å². The summed E-state index contributed by atoms with van der Waals surface area (Å²) in [5.41, 5.74) is 0. The molecule has 0 spiro atoms. The van der Waals surface area contributed by atoms with E-state index >= 15 is 0 Å². The maximum atomic E-state index is 13.5. The van der Waals surface area contributed by atoms with E-state index in [0.29, 0.717) is 19.3 Å². The molecule has 470 valence electrons. The molecule has 0 aliphatic carbocycles. The molecule has 1 saturated heterocycles. The minimum absolute atomic E-state index is 0.100. The average molecular weight is 1140 g/mol. The van der Waals surface area contributed by atoms with E-state index in [2.05, 4.69) is 86.8 Å². The number of carbonyl (C=O) groups is 2. The first-order valence-electron chi connectivity index (χ1n) is 33.7. The lowest BCUT2D eigenvalue weighted by Crippen LogP contribution is -2.61. The van der Waals surface area contributed by atoms with Gasteiger partial charge in [-0.2, -0.15) is 0 Å². The van der Waals surface area contributed by atoms with Crippen LogP contribution in [0.25, 0.3) is 0 Å². The normalized spacial score (nSPS) is 19.1. The number of unbranched alkanes of at least 4 members (excludes halogenated alkanes) is 33. The first kappa shape index (κ1) is 76.1. The Morgan fingerprint density at radius 2 is 0.889 bits per heavy atom. The Kier molecular flexibility index (Phi) is 54.1. The highest BCUT2D eigenvalue weighted by Gasteiger charge is 2.47.